The molecule has 1 aromatic rings. The molecule has 0 aromatic heterocycles. The molecule has 1 rings (SSSR count). The third-order valence-electron chi connectivity index (χ3n) is 1.80. The van der Waals surface area contributed by atoms with Crippen molar-refractivity contribution in [3.05, 3.63) is 42.0 Å². The molecule has 0 spiro atoms. The van der Waals surface area contributed by atoms with Crippen LogP contribution in [0.4, 0.5) is 0 Å². The molecule has 0 saturated heterocycles. The lowest BCUT2D eigenvalue weighted by molar-refractivity contribution is -0.107. The molecule has 0 radical (unpaired) electrons. The van der Waals surface area contributed by atoms with Crippen LogP contribution in [0.1, 0.15) is 18.9 Å². The van der Waals surface area contributed by atoms with E-state index in [0.29, 0.717) is 6.42 Å². The first-order valence-electron chi connectivity index (χ1n) is 4.02. The lowest BCUT2D eigenvalue weighted by Gasteiger charge is -2.01. The van der Waals surface area contributed by atoms with Crippen LogP contribution in [0, 0.1) is 0 Å². The first kappa shape index (κ1) is 8.72. The number of benzene rings is 1. The summed E-state index contributed by atoms with van der Waals surface area (Å²) in [6, 6.07) is 9.95. The number of carbonyl (C=O) groups excluding carboxylic acids is 1. The van der Waals surface area contributed by atoms with Crippen molar-refractivity contribution in [1.29, 1.82) is 0 Å². The number of carbonyl (C=O) groups is 1. The van der Waals surface area contributed by atoms with Crippen molar-refractivity contribution in [2.75, 3.05) is 0 Å². The molecule has 0 unspecified atom stereocenters. The summed E-state index contributed by atoms with van der Waals surface area (Å²) < 4.78 is 0. The molecule has 62 valence electrons. The van der Waals surface area contributed by atoms with Crippen LogP contribution >= 0.6 is 0 Å². The van der Waals surface area contributed by atoms with Gasteiger partial charge in [0.05, 0.1) is 0 Å². The lowest BCUT2D eigenvalue weighted by Crippen LogP contribution is -1.84. The Balaban J connectivity index is 2.88. The highest BCUT2D eigenvalue weighted by atomic mass is 16.1. The summed E-state index contributed by atoms with van der Waals surface area (Å²) in [6.07, 6.45) is 3.41. The average Bonchev–Trinajstić information content (AvgIpc) is 2.15. The van der Waals surface area contributed by atoms with Gasteiger partial charge in [0.25, 0.3) is 0 Å². The van der Waals surface area contributed by atoms with Gasteiger partial charge in [-0.3, -0.25) is 0 Å². The predicted octanol–water partition coefficient (Wildman–Crippen LogP) is 2.68. The largest absolute Gasteiger partial charge is 0.303 e. The molecule has 0 heterocycles. The van der Waals surface area contributed by atoms with Gasteiger partial charge in [0.1, 0.15) is 6.29 Å². The van der Waals surface area contributed by atoms with Crippen molar-refractivity contribution in [3.8, 4) is 0 Å². The fourth-order valence-electron chi connectivity index (χ4n) is 1.14. The van der Waals surface area contributed by atoms with E-state index in [1.807, 2.05) is 43.3 Å². The zero-order valence-electron chi connectivity index (χ0n) is 7.16. The van der Waals surface area contributed by atoms with Gasteiger partial charge in [-0.25, -0.2) is 0 Å². The number of allylic oxidation sites excluding steroid dienone is 2. The highest BCUT2D eigenvalue weighted by molar-refractivity contribution is 5.76. The molecule has 0 aliphatic rings. The molecule has 0 N–H and O–H groups in total. The van der Waals surface area contributed by atoms with Crippen LogP contribution in [0.15, 0.2) is 36.4 Å². The summed E-state index contributed by atoms with van der Waals surface area (Å²) in [7, 11) is 0. The summed E-state index contributed by atoms with van der Waals surface area (Å²) in [5, 5.41) is 0. The number of aldehydes is 1. The molecular weight excluding hydrogens is 148 g/mol. The van der Waals surface area contributed by atoms with Crippen LogP contribution in [0.3, 0.4) is 0 Å². The van der Waals surface area contributed by atoms with Gasteiger partial charge in [0.15, 0.2) is 0 Å². The van der Waals surface area contributed by atoms with Crippen LogP contribution in [-0.4, -0.2) is 6.29 Å². The summed E-state index contributed by atoms with van der Waals surface area (Å²) in [5.74, 6) is 0. The topological polar surface area (TPSA) is 17.1 Å². The lowest BCUT2D eigenvalue weighted by atomic mass is 10.0. The van der Waals surface area contributed by atoms with Crippen LogP contribution in [0.25, 0.3) is 5.57 Å². The molecule has 0 aliphatic heterocycles. The Labute approximate surface area is 72.7 Å². The Morgan fingerprint density at radius 3 is 2.50 bits per heavy atom. The van der Waals surface area contributed by atoms with E-state index in [4.69, 9.17) is 0 Å². The third kappa shape index (κ3) is 2.06. The highest BCUT2D eigenvalue weighted by Gasteiger charge is 1.96. The zero-order chi connectivity index (χ0) is 8.81. The second kappa shape index (κ2) is 4.50. The van der Waals surface area contributed by atoms with E-state index in [2.05, 4.69) is 0 Å². The first-order chi connectivity index (χ1) is 5.88. The molecule has 1 heteroatoms. The van der Waals surface area contributed by atoms with Gasteiger partial charge in [-0.15, -0.1) is 0 Å². The van der Waals surface area contributed by atoms with E-state index in [9.17, 15) is 4.79 Å². The van der Waals surface area contributed by atoms with Gasteiger partial charge in [-0.1, -0.05) is 36.4 Å². The second-order valence-electron chi connectivity index (χ2n) is 2.55. The van der Waals surface area contributed by atoms with Gasteiger partial charge >= 0.3 is 0 Å². The third-order valence-corrected chi connectivity index (χ3v) is 1.80. The molecule has 1 aromatic carbocycles. The van der Waals surface area contributed by atoms with Crippen molar-refractivity contribution in [2.45, 2.75) is 13.3 Å². The Kier molecular flexibility index (Phi) is 3.27. The van der Waals surface area contributed by atoms with E-state index in [-0.39, 0.29) is 0 Å². The van der Waals surface area contributed by atoms with Crippen molar-refractivity contribution in [1.82, 2.24) is 0 Å². The Hall–Kier alpha value is -1.37. The summed E-state index contributed by atoms with van der Waals surface area (Å²) >= 11 is 0. The fraction of sp³-hybridized carbons (Fsp3) is 0.182. The van der Waals surface area contributed by atoms with Crippen LogP contribution in [-0.2, 0) is 4.79 Å². The van der Waals surface area contributed by atoms with E-state index >= 15 is 0 Å². The number of hydrogen-bond donors (Lipinski definition) is 0. The van der Waals surface area contributed by atoms with Gasteiger partial charge in [-0.2, -0.15) is 0 Å². The minimum atomic E-state index is 0.501. The maximum absolute atomic E-state index is 10.3. The fourth-order valence-corrected chi connectivity index (χ4v) is 1.14. The Morgan fingerprint density at radius 1 is 1.33 bits per heavy atom. The maximum Gasteiger partial charge on any atom is 0.124 e. The summed E-state index contributed by atoms with van der Waals surface area (Å²) in [5.41, 5.74) is 2.22. The molecule has 0 bridgehead atoms. The SMILES string of the molecule is CC=C(CC=O)c1ccccc1. The van der Waals surface area contributed by atoms with Crippen LogP contribution in [0.2, 0.25) is 0 Å². The summed E-state index contributed by atoms with van der Waals surface area (Å²) in [4.78, 5) is 10.3. The van der Waals surface area contributed by atoms with Crippen molar-refractivity contribution in [3.63, 3.8) is 0 Å². The second-order valence-corrected chi connectivity index (χ2v) is 2.55. The molecule has 12 heavy (non-hydrogen) atoms. The summed E-state index contributed by atoms with van der Waals surface area (Å²) in [6.45, 7) is 1.95. The molecule has 1 nitrogen and oxygen atoms in total. The minimum absolute atomic E-state index is 0.501. The first-order valence-corrected chi connectivity index (χ1v) is 4.02. The highest BCUT2D eigenvalue weighted by Crippen LogP contribution is 2.15. The van der Waals surface area contributed by atoms with E-state index in [0.717, 1.165) is 17.4 Å². The van der Waals surface area contributed by atoms with E-state index in [1.165, 1.54) is 0 Å². The standard InChI is InChI=1S/C11H12O/c1-2-10(8-9-12)11-6-4-3-5-7-11/h2-7,9H,8H2,1H3. The van der Waals surface area contributed by atoms with Crippen LogP contribution < -0.4 is 0 Å². The van der Waals surface area contributed by atoms with Gasteiger partial charge in [0.2, 0.25) is 0 Å². The van der Waals surface area contributed by atoms with E-state index < -0.39 is 0 Å². The molecule has 0 saturated carbocycles. The Morgan fingerprint density at radius 2 is 2.00 bits per heavy atom. The monoisotopic (exact) mass is 160 g/mol. The molecule has 0 aliphatic carbocycles. The zero-order valence-corrected chi connectivity index (χ0v) is 7.16. The average molecular weight is 160 g/mol. The smallest absolute Gasteiger partial charge is 0.124 e. The molecule has 0 amide bonds. The number of hydrogen-bond acceptors (Lipinski definition) is 1. The molecule has 0 atom stereocenters. The molecular formula is C11H12O. The van der Waals surface area contributed by atoms with Crippen molar-refractivity contribution in [2.24, 2.45) is 0 Å². The maximum atomic E-state index is 10.3. The number of rotatable bonds is 3. The quantitative estimate of drug-likeness (QED) is 0.621. The van der Waals surface area contributed by atoms with Gasteiger partial charge in [0, 0.05) is 6.42 Å². The molecule has 0 fully saturated rings. The van der Waals surface area contributed by atoms with Crippen molar-refractivity contribution >= 4 is 11.9 Å². The predicted molar refractivity (Wildman–Crippen MR) is 50.8 cm³/mol. The van der Waals surface area contributed by atoms with Gasteiger partial charge < -0.3 is 4.79 Å². The van der Waals surface area contributed by atoms with Crippen LogP contribution in [0.5, 0.6) is 0 Å². The Bertz CT molecular complexity index is 272. The minimum Gasteiger partial charge on any atom is -0.303 e. The van der Waals surface area contributed by atoms with Gasteiger partial charge in [-0.05, 0) is 18.1 Å². The van der Waals surface area contributed by atoms with Crippen molar-refractivity contribution < 1.29 is 4.79 Å². The normalized spacial score (nSPS) is 11.2. The van der Waals surface area contributed by atoms with E-state index in [1.54, 1.807) is 0 Å².